The van der Waals surface area contributed by atoms with Crippen molar-refractivity contribution in [2.45, 2.75) is 0 Å². The number of hydrogen-bond acceptors (Lipinski definition) is 0. The van der Waals surface area contributed by atoms with Gasteiger partial charge in [0.25, 0.3) is 0 Å². The van der Waals surface area contributed by atoms with Crippen molar-refractivity contribution in [3.8, 4) is 12.3 Å². The van der Waals surface area contributed by atoms with Crippen LogP contribution in [-0.4, -0.2) is 4.43 Å². The van der Waals surface area contributed by atoms with Crippen LogP contribution in [0.5, 0.6) is 0 Å². The Morgan fingerprint density at radius 2 is 2.00 bits per heavy atom. The average Bonchev–Trinajstić information content (AvgIpc) is 2.03. The summed E-state index contributed by atoms with van der Waals surface area (Å²) in [7, 11) is 0. The molecule has 0 saturated carbocycles. The van der Waals surface area contributed by atoms with Crippen LogP contribution in [0, 0.1) is 15.9 Å². The maximum atomic E-state index is 5.15. The summed E-state index contributed by atoms with van der Waals surface area (Å²) in [5.74, 6) is 2.67. The van der Waals surface area contributed by atoms with E-state index < -0.39 is 0 Å². The first-order valence-corrected chi connectivity index (χ1v) is 5.61. The van der Waals surface area contributed by atoms with Crippen LogP contribution in [0.4, 0.5) is 0 Å². The third-order valence-corrected chi connectivity index (χ3v) is 3.45. The molecule has 0 atom stereocenters. The summed E-state index contributed by atoms with van der Waals surface area (Å²) in [5.41, 5.74) is 0. The normalized spacial score (nSPS) is 8.70. The first-order chi connectivity index (χ1) is 4.93. The topological polar surface area (TPSA) is 0 Å². The number of hydrogen-bond donors (Lipinski definition) is 0. The highest BCUT2D eigenvalue weighted by Gasteiger charge is 2.05. The lowest BCUT2D eigenvalue weighted by Crippen LogP contribution is -3.62. The molecule has 1 rings (SSSR count). The first kappa shape index (κ1) is 7.62. The standard InChI is InChI=1S/C9H8I/c1-2-8-10-9-6-4-3-5-7-9/h1,3-7H,8H2/q+1. The van der Waals surface area contributed by atoms with Gasteiger partial charge in [-0.1, -0.05) is 24.1 Å². The molecule has 0 spiro atoms. The fourth-order valence-corrected chi connectivity index (χ4v) is 2.20. The Balaban J connectivity index is 2.52. The van der Waals surface area contributed by atoms with E-state index in [9.17, 15) is 0 Å². The second-order valence-corrected chi connectivity index (χ2v) is 4.54. The third-order valence-electron chi connectivity index (χ3n) is 1.03. The minimum absolute atomic E-state index is 0.0906. The minimum atomic E-state index is 0.0906. The number of benzene rings is 1. The third kappa shape index (κ3) is 2.40. The van der Waals surface area contributed by atoms with Gasteiger partial charge in [-0.3, -0.25) is 0 Å². The zero-order valence-corrected chi connectivity index (χ0v) is 7.71. The maximum Gasteiger partial charge on any atom is 0.327 e. The van der Waals surface area contributed by atoms with Gasteiger partial charge in [0, 0.05) is 0 Å². The zero-order valence-electron chi connectivity index (χ0n) is 5.55. The molecule has 1 aromatic rings. The largest absolute Gasteiger partial charge is 0.327 e. The molecule has 0 unspecified atom stereocenters. The lowest BCUT2D eigenvalue weighted by Gasteiger charge is -1.78. The van der Waals surface area contributed by atoms with Crippen molar-refractivity contribution >= 4 is 0 Å². The van der Waals surface area contributed by atoms with Crippen molar-refractivity contribution < 1.29 is 21.2 Å². The average molecular weight is 243 g/mol. The molecule has 0 aliphatic carbocycles. The molecular weight excluding hydrogens is 235 g/mol. The van der Waals surface area contributed by atoms with E-state index in [0.717, 1.165) is 4.43 Å². The van der Waals surface area contributed by atoms with E-state index in [-0.39, 0.29) is 21.2 Å². The monoisotopic (exact) mass is 243 g/mol. The molecule has 0 saturated heterocycles. The molecule has 1 aromatic carbocycles. The molecule has 50 valence electrons. The van der Waals surface area contributed by atoms with Crippen LogP contribution in [-0.2, 0) is 0 Å². The summed E-state index contributed by atoms with van der Waals surface area (Å²) in [4.78, 5) is 0. The van der Waals surface area contributed by atoms with Gasteiger partial charge >= 0.3 is 21.2 Å². The lowest BCUT2D eigenvalue weighted by molar-refractivity contribution is -0.615. The molecule has 0 aromatic heterocycles. The number of alkyl halides is 1. The van der Waals surface area contributed by atoms with Crippen LogP contribution >= 0.6 is 0 Å². The van der Waals surface area contributed by atoms with Gasteiger partial charge in [-0.25, -0.2) is 0 Å². The van der Waals surface area contributed by atoms with E-state index in [1.807, 2.05) is 6.07 Å². The molecule has 0 amide bonds. The van der Waals surface area contributed by atoms with Crippen molar-refractivity contribution in [2.75, 3.05) is 4.43 Å². The van der Waals surface area contributed by atoms with Crippen molar-refractivity contribution in [2.24, 2.45) is 0 Å². The molecule has 0 nitrogen and oxygen atoms in total. The van der Waals surface area contributed by atoms with E-state index in [4.69, 9.17) is 6.42 Å². The molecular formula is C9H8I+. The molecule has 0 N–H and O–H groups in total. The van der Waals surface area contributed by atoms with Gasteiger partial charge in [0.15, 0.2) is 3.57 Å². The molecule has 0 radical (unpaired) electrons. The highest BCUT2D eigenvalue weighted by atomic mass is 127. The van der Waals surface area contributed by atoms with Crippen LogP contribution in [0.1, 0.15) is 0 Å². The predicted molar refractivity (Wildman–Crippen MR) is 38.8 cm³/mol. The van der Waals surface area contributed by atoms with Crippen LogP contribution < -0.4 is 21.2 Å². The SMILES string of the molecule is C#CC[I+]c1ccccc1. The molecule has 0 aliphatic rings. The maximum absolute atomic E-state index is 5.15. The second kappa shape index (κ2) is 4.35. The Morgan fingerprint density at radius 3 is 2.60 bits per heavy atom. The number of halogens is 1. The Hall–Kier alpha value is -0.490. The smallest absolute Gasteiger partial charge is 0.116 e. The number of rotatable bonds is 2. The molecule has 0 fully saturated rings. The van der Waals surface area contributed by atoms with Crippen molar-refractivity contribution in [1.82, 2.24) is 0 Å². The molecule has 0 aliphatic heterocycles. The van der Waals surface area contributed by atoms with Gasteiger partial charge in [0.1, 0.15) is 0 Å². The van der Waals surface area contributed by atoms with E-state index in [0.29, 0.717) is 0 Å². The van der Waals surface area contributed by atoms with E-state index in [2.05, 4.69) is 30.2 Å². The Bertz CT molecular complexity index is 220. The second-order valence-electron chi connectivity index (χ2n) is 1.77. The predicted octanol–water partition coefficient (Wildman–Crippen LogP) is -1.42. The quantitative estimate of drug-likeness (QED) is 0.340. The van der Waals surface area contributed by atoms with Crippen LogP contribution in [0.3, 0.4) is 0 Å². The Morgan fingerprint density at radius 1 is 1.30 bits per heavy atom. The molecule has 1 heteroatoms. The van der Waals surface area contributed by atoms with Gasteiger partial charge in [-0.2, -0.15) is 0 Å². The fourth-order valence-electron chi connectivity index (χ4n) is 0.619. The van der Waals surface area contributed by atoms with Crippen molar-refractivity contribution in [3.63, 3.8) is 0 Å². The van der Waals surface area contributed by atoms with Gasteiger partial charge in [0.2, 0.25) is 4.43 Å². The first-order valence-electron chi connectivity index (χ1n) is 3.01. The summed E-state index contributed by atoms with van der Waals surface area (Å²) in [6.45, 7) is 0. The van der Waals surface area contributed by atoms with Gasteiger partial charge in [0.05, 0.1) is 0 Å². The minimum Gasteiger partial charge on any atom is -0.116 e. The van der Waals surface area contributed by atoms with Crippen LogP contribution in [0.25, 0.3) is 0 Å². The molecule has 10 heavy (non-hydrogen) atoms. The van der Waals surface area contributed by atoms with E-state index in [1.165, 1.54) is 3.57 Å². The Labute approximate surface area is 71.9 Å². The Kier molecular flexibility index (Phi) is 3.31. The highest BCUT2D eigenvalue weighted by Crippen LogP contribution is 1.81. The van der Waals surface area contributed by atoms with Gasteiger partial charge < -0.3 is 0 Å². The summed E-state index contributed by atoms with van der Waals surface area (Å²) >= 11 is 0.0906. The summed E-state index contributed by atoms with van der Waals surface area (Å²) in [6, 6.07) is 10.4. The van der Waals surface area contributed by atoms with Gasteiger partial charge in [-0.15, -0.1) is 6.42 Å². The van der Waals surface area contributed by atoms with E-state index >= 15 is 0 Å². The lowest BCUT2D eigenvalue weighted by atomic mass is 10.4. The summed E-state index contributed by atoms with van der Waals surface area (Å²) in [6.07, 6.45) is 5.15. The van der Waals surface area contributed by atoms with Crippen LogP contribution in [0.2, 0.25) is 0 Å². The van der Waals surface area contributed by atoms with Crippen molar-refractivity contribution in [3.05, 3.63) is 33.9 Å². The molecule has 0 bridgehead atoms. The van der Waals surface area contributed by atoms with E-state index in [1.54, 1.807) is 0 Å². The number of terminal acetylenes is 1. The highest BCUT2D eigenvalue weighted by molar-refractivity contribution is 4.99. The zero-order chi connectivity index (χ0) is 7.23. The van der Waals surface area contributed by atoms with Gasteiger partial charge in [-0.05, 0) is 12.1 Å². The fraction of sp³-hybridized carbons (Fsp3) is 0.111. The summed E-state index contributed by atoms with van der Waals surface area (Å²) < 4.78 is 2.38. The van der Waals surface area contributed by atoms with Crippen molar-refractivity contribution in [1.29, 1.82) is 0 Å². The summed E-state index contributed by atoms with van der Waals surface area (Å²) in [5, 5.41) is 0. The molecule has 0 heterocycles. The van der Waals surface area contributed by atoms with Crippen LogP contribution in [0.15, 0.2) is 30.3 Å².